The van der Waals surface area contributed by atoms with E-state index in [-0.39, 0.29) is 11.8 Å². The normalized spacial score (nSPS) is 15.0. The summed E-state index contributed by atoms with van der Waals surface area (Å²) in [6.07, 6.45) is 0.912. The average molecular weight is 358 g/mol. The standard InChI is InChI=1S/C18H22N4O2S/c1-13-12-25-18(19-13)22-9-3-8-21(10-11-22)17(24)20-16-6-4-15(5-7-16)14(2)23/h4-7,12H,3,8-11H2,1-2H3,(H,20,24). The maximum absolute atomic E-state index is 12.5. The molecule has 1 aliphatic rings. The first kappa shape index (κ1) is 17.4. The molecule has 132 valence electrons. The van der Waals surface area contributed by atoms with Crippen molar-refractivity contribution in [2.45, 2.75) is 20.3 Å². The molecule has 1 fully saturated rings. The second-order valence-electron chi connectivity index (χ2n) is 6.16. The van der Waals surface area contributed by atoms with Gasteiger partial charge in [0.2, 0.25) is 0 Å². The molecule has 0 unspecified atom stereocenters. The molecule has 1 aliphatic heterocycles. The fraction of sp³-hybridized carbons (Fsp3) is 0.389. The summed E-state index contributed by atoms with van der Waals surface area (Å²) in [4.78, 5) is 32.4. The summed E-state index contributed by atoms with van der Waals surface area (Å²) in [5, 5.41) is 5.99. The molecule has 1 aromatic heterocycles. The van der Waals surface area contributed by atoms with Gasteiger partial charge in [0.15, 0.2) is 10.9 Å². The van der Waals surface area contributed by atoms with Gasteiger partial charge in [-0.25, -0.2) is 9.78 Å². The van der Waals surface area contributed by atoms with Crippen LogP contribution in [-0.4, -0.2) is 47.9 Å². The molecule has 7 heteroatoms. The number of carbonyl (C=O) groups is 2. The van der Waals surface area contributed by atoms with E-state index >= 15 is 0 Å². The molecule has 25 heavy (non-hydrogen) atoms. The van der Waals surface area contributed by atoms with E-state index in [9.17, 15) is 9.59 Å². The first-order chi connectivity index (χ1) is 12.0. The van der Waals surface area contributed by atoms with Crippen LogP contribution >= 0.6 is 11.3 Å². The number of benzene rings is 1. The van der Waals surface area contributed by atoms with Gasteiger partial charge in [0.05, 0.1) is 5.69 Å². The number of rotatable bonds is 3. The van der Waals surface area contributed by atoms with Crippen LogP contribution in [0.4, 0.5) is 15.6 Å². The van der Waals surface area contributed by atoms with Crippen LogP contribution in [0.2, 0.25) is 0 Å². The average Bonchev–Trinajstić information content (AvgIpc) is 2.88. The fourth-order valence-electron chi connectivity index (χ4n) is 2.79. The van der Waals surface area contributed by atoms with Crippen molar-refractivity contribution in [1.82, 2.24) is 9.88 Å². The van der Waals surface area contributed by atoms with Gasteiger partial charge in [0.25, 0.3) is 0 Å². The SMILES string of the molecule is CC(=O)c1ccc(NC(=O)N2CCCN(c3nc(C)cs3)CC2)cc1. The third-order valence-corrected chi connectivity index (χ3v) is 5.22. The number of anilines is 2. The number of urea groups is 1. The Balaban J connectivity index is 1.58. The van der Waals surface area contributed by atoms with E-state index in [4.69, 9.17) is 0 Å². The Bertz CT molecular complexity index is 757. The van der Waals surface area contributed by atoms with Gasteiger partial charge in [0, 0.05) is 42.8 Å². The van der Waals surface area contributed by atoms with Crippen LogP contribution < -0.4 is 10.2 Å². The smallest absolute Gasteiger partial charge is 0.321 e. The van der Waals surface area contributed by atoms with Gasteiger partial charge < -0.3 is 15.1 Å². The van der Waals surface area contributed by atoms with Crippen LogP contribution in [0, 0.1) is 6.92 Å². The minimum absolute atomic E-state index is 0.0166. The topological polar surface area (TPSA) is 65.5 Å². The molecule has 6 nitrogen and oxygen atoms in total. The Kier molecular flexibility index (Phi) is 5.33. The van der Waals surface area contributed by atoms with Crippen LogP contribution in [0.3, 0.4) is 0 Å². The highest BCUT2D eigenvalue weighted by Crippen LogP contribution is 2.21. The maximum Gasteiger partial charge on any atom is 0.321 e. The number of hydrogen-bond donors (Lipinski definition) is 1. The molecule has 0 bridgehead atoms. The Labute approximate surface area is 151 Å². The summed E-state index contributed by atoms with van der Waals surface area (Å²) in [6.45, 7) is 6.59. The van der Waals surface area contributed by atoms with Gasteiger partial charge in [-0.05, 0) is 44.5 Å². The summed E-state index contributed by atoms with van der Waals surface area (Å²) in [5.41, 5.74) is 2.38. The molecule has 3 rings (SSSR count). The highest BCUT2D eigenvalue weighted by Gasteiger charge is 2.20. The summed E-state index contributed by atoms with van der Waals surface area (Å²) in [6, 6.07) is 6.88. The molecule has 1 N–H and O–H groups in total. The predicted octanol–water partition coefficient (Wildman–Crippen LogP) is 3.40. The first-order valence-corrected chi connectivity index (χ1v) is 9.25. The lowest BCUT2D eigenvalue weighted by atomic mass is 10.1. The van der Waals surface area contributed by atoms with Crippen molar-refractivity contribution in [3.05, 3.63) is 40.9 Å². The number of hydrogen-bond acceptors (Lipinski definition) is 5. The van der Waals surface area contributed by atoms with E-state index in [1.807, 2.05) is 11.8 Å². The van der Waals surface area contributed by atoms with Crippen molar-refractivity contribution >= 4 is 34.0 Å². The monoisotopic (exact) mass is 358 g/mol. The Morgan fingerprint density at radius 3 is 2.52 bits per heavy atom. The van der Waals surface area contributed by atoms with Gasteiger partial charge in [-0.2, -0.15) is 0 Å². The lowest BCUT2D eigenvalue weighted by molar-refractivity contribution is 0.101. The second-order valence-corrected chi connectivity index (χ2v) is 7.00. The minimum atomic E-state index is -0.104. The Morgan fingerprint density at radius 1 is 1.12 bits per heavy atom. The van der Waals surface area contributed by atoms with Crippen molar-refractivity contribution in [1.29, 1.82) is 0 Å². The zero-order chi connectivity index (χ0) is 17.8. The molecular formula is C18H22N4O2S. The molecule has 0 saturated carbocycles. The van der Waals surface area contributed by atoms with Crippen molar-refractivity contribution in [2.75, 3.05) is 36.4 Å². The number of aryl methyl sites for hydroxylation is 1. The number of thiazole rings is 1. The van der Waals surface area contributed by atoms with E-state index in [0.717, 1.165) is 36.9 Å². The first-order valence-electron chi connectivity index (χ1n) is 8.37. The second kappa shape index (κ2) is 7.65. The lowest BCUT2D eigenvalue weighted by Crippen LogP contribution is -2.38. The van der Waals surface area contributed by atoms with E-state index in [1.54, 1.807) is 35.6 Å². The summed E-state index contributed by atoms with van der Waals surface area (Å²) in [7, 11) is 0. The number of nitrogens with one attached hydrogen (secondary N) is 1. The molecule has 2 amide bonds. The molecule has 1 aromatic carbocycles. The molecule has 2 aromatic rings. The lowest BCUT2D eigenvalue weighted by Gasteiger charge is -2.22. The van der Waals surface area contributed by atoms with Gasteiger partial charge in [-0.15, -0.1) is 11.3 Å². The van der Waals surface area contributed by atoms with Crippen LogP contribution in [-0.2, 0) is 0 Å². The third-order valence-electron chi connectivity index (χ3n) is 4.20. The molecule has 0 radical (unpaired) electrons. The predicted molar refractivity (Wildman–Crippen MR) is 101 cm³/mol. The van der Waals surface area contributed by atoms with Gasteiger partial charge in [-0.3, -0.25) is 4.79 Å². The maximum atomic E-state index is 12.5. The van der Waals surface area contributed by atoms with Crippen LogP contribution in [0.1, 0.15) is 29.4 Å². The molecule has 0 aliphatic carbocycles. The highest BCUT2D eigenvalue weighted by atomic mass is 32.1. The van der Waals surface area contributed by atoms with E-state index in [1.165, 1.54) is 6.92 Å². The molecule has 2 heterocycles. The summed E-state index contributed by atoms with van der Waals surface area (Å²) < 4.78 is 0. The Hall–Kier alpha value is -2.41. The number of ketones is 1. The molecular weight excluding hydrogens is 336 g/mol. The zero-order valence-corrected chi connectivity index (χ0v) is 15.3. The van der Waals surface area contributed by atoms with Gasteiger partial charge in [0.1, 0.15) is 0 Å². The molecule has 0 atom stereocenters. The number of nitrogens with zero attached hydrogens (tertiary/aromatic N) is 3. The summed E-state index contributed by atoms with van der Waals surface area (Å²) >= 11 is 1.65. The van der Waals surface area contributed by atoms with Crippen molar-refractivity contribution in [2.24, 2.45) is 0 Å². The number of aromatic nitrogens is 1. The van der Waals surface area contributed by atoms with Gasteiger partial charge >= 0.3 is 6.03 Å². The van der Waals surface area contributed by atoms with E-state index in [0.29, 0.717) is 17.8 Å². The van der Waals surface area contributed by atoms with Crippen molar-refractivity contribution < 1.29 is 9.59 Å². The van der Waals surface area contributed by atoms with Crippen LogP contribution in [0.25, 0.3) is 0 Å². The number of carbonyl (C=O) groups excluding carboxylic acids is 2. The Morgan fingerprint density at radius 2 is 1.88 bits per heavy atom. The largest absolute Gasteiger partial charge is 0.346 e. The quantitative estimate of drug-likeness (QED) is 0.854. The molecule has 0 spiro atoms. The zero-order valence-electron chi connectivity index (χ0n) is 14.5. The highest BCUT2D eigenvalue weighted by molar-refractivity contribution is 7.13. The number of amides is 2. The minimum Gasteiger partial charge on any atom is -0.346 e. The van der Waals surface area contributed by atoms with E-state index < -0.39 is 0 Å². The van der Waals surface area contributed by atoms with Crippen LogP contribution in [0.15, 0.2) is 29.6 Å². The van der Waals surface area contributed by atoms with Crippen molar-refractivity contribution in [3.63, 3.8) is 0 Å². The summed E-state index contributed by atoms with van der Waals surface area (Å²) in [5.74, 6) is 0.0166. The van der Waals surface area contributed by atoms with E-state index in [2.05, 4.69) is 20.6 Å². The third kappa shape index (κ3) is 4.36. The van der Waals surface area contributed by atoms with Gasteiger partial charge in [-0.1, -0.05) is 0 Å². The van der Waals surface area contributed by atoms with Crippen molar-refractivity contribution in [3.8, 4) is 0 Å². The molecule has 1 saturated heterocycles. The van der Waals surface area contributed by atoms with Crippen LogP contribution in [0.5, 0.6) is 0 Å². The fourth-order valence-corrected chi connectivity index (χ4v) is 3.65. The number of Topliss-reactive ketones (excluding diaryl/α,β-unsaturated/α-hetero) is 1.